The molecular weight excluding hydrogens is 266 g/mol. The minimum Gasteiger partial charge on any atom is -0.309 e. The van der Waals surface area contributed by atoms with E-state index < -0.39 is 14.8 Å². The Balaban J connectivity index is 1.80. The van der Waals surface area contributed by atoms with E-state index in [1.807, 2.05) is 18.2 Å². The minimum absolute atomic E-state index is 0.164. The second-order valence-electron chi connectivity index (χ2n) is 4.89. The summed E-state index contributed by atoms with van der Waals surface area (Å²) >= 11 is 0. The van der Waals surface area contributed by atoms with Crippen LogP contribution in [0.15, 0.2) is 24.4 Å². The molecule has 1 amide bonds. The van der Waals surface area contributed by atoms with E-state index in [0.717, 1.165) is 10.00 Å². The maximum atomic E-state index is 11.8. The molecule has 0 spiro atoms. The van der Waals surface area contributed by atoms with Gasteiger partial charge in [0.05, 0.1) is 5.69 Å². The first-order valence-electron chi connectivity index (χ1n) is 6.05. The third-order valence-electron chi connectivity index (χ3n) is 3.20. The van der Waals surface area contributed by atoms with Crippen LogP contribution in [0.5, 0.6) is 0 Å². The Morgan fingerprint density at radius 1 is 1.37 bits per heavy atom. The van der Waals surface area contributed by atoms with Crippen LogP contribution in [0.4, 0.5) is 0 Å². The number of hydrogen-bond acceptors (Lipinski definition) is 5. The Morgan fingerprint density at radius 3 is 2.68 bits per heavy atom. The second kappa shape index (κ2) is 4.90. The Kier molecular flexibility index (Phi) is 3.60. The molecule has 0 atom stereocenters. The summed E-state index contributed by atoms with van der Waals surface area (Å²) in [5, 5.41) is 3.07. The molecule has 2 rings (SSSR count). The Hall–Kier alpha value is -1.47. The van der Waals surface area contributed by atoms with Crippen LogP contribution in [0.25, 0.3) is 0 Å². The highest BCUT2D eigenvalue weighted by Crippen LogP contribution is 2.34. The first kappa shape index (κ1) is 14.0. The third kappa shape index (κ3) is 2.35. The number of hydrogen-bond donors (Lipinski definition) is 1. The average molecular weight is 283 g/mol. The van der Waals surface area contributed by atoms with E-state index in [2.05, 4.69) is 10.3 Å². The molecule has 7 heteroatoms. The van der Waals surface area contributed by atoms with Gasteiger partial charge in [0.15, 0.2) is 4.75 Å². The lowest BCUT2D eigenvalue weighted by molar-refractivity contribution is -0.132. The number of pyridine rings is 1. The standard InChI is InChI=1S/C12H17N3O3S/c1-12(2)11(16)15(19(12,17)18)8-7-13-9-10-5-3-4-6-14-10/h3-6,13H,7-9H2,1-2H3. The molecule has 1 N–H and O–H groups in total. The molecule has 0 radical (unpaired) electrons. The zero-order valence-corrected chi connectivity index (χ0v) is 11.8. The molecule has 0 saturated carbocycles. The number of amides is 1. The molecule has 1 fully saturated rings. The molecule has 1 aromatic rings. The van der Waals surface area contributed by atoms with E-state index in [0.29, 0.717) is 13.1 Å². The summed E-state index contributed by atoms with van der Waals surface area (Å²) in [5.41, 5.74) is 0.876. The van der Waals surface area contributed by atoms with Crippen LogP contribution in [-0.4, -0.2) is 41.5 Å². The lowest BCUT2D eigenvalue weighted by Crippen LogP contribution is -2.67. The summed E-state index contributed by atoms with van der Waals surface area (Å²) in [6.45, 7) is 3.99. The molecule has 6 nitrogen and oxygen atoms in total. The van der Waals surface area contributed by atoms with E-state index in [9.17, 15) is 13.2 Å². The van der Waals surface area contributed by atoms with Gasteiger partial charge in [0.25, 0.3) is 15.9 Å². The van der Waals surface area contributed by atoms with Gasteiger partial charge in [0.2, 0.25) is 0 Å². The Bertz CT molecular complexity index is 569. The van der Waals surface area contributed by atoms with Gasteiger partial charge in [-0.05, 0) is 26.0 Å². The predicted molar refractivity (Wildman–Crippen MR) is 70.7 cm³/mol. The van der Waals surface area contributed by atoms with Gasteiger partial charge in [-0.1, -0.05) is 6.07 Å². The van der Waals surface area contributed by atoms with Crippen molar-refractivity contribution >= 4 is 15.9 Å². The lowest BCUT2D eigenvalue weighted by Gasteiger charge is -2.43. The number of carbonyl (C=O) groups is 1. The van der Waals surface area contributed by atoms with Crippen molar-refractivity contribution < 1.29 is 13.2 Å². The van der Waals surface area contributed by atoms with Gasteiger partial charge in [-0.3, -0.25) is 9.78 Å². The zero-order valence-electron chi connectivity index (χ0n) is 11.0. The number of rotatable bonds is 5. The quantitative estimate of drug-likeness (QED) is 0.777. The first-order valence-corrected chi connectivity index (χ1v) is 7.49. The van der Waals surface area contributed by atoms with Crippen LogP contribution in [0, 0.1) is 0 Å². The molecule has 1 aliphatic rings. The second-order valence-corrected chi connectivity index (χ2v) is 7.30. The fourth-order valence-corrected chi connectivity index (χ4v) is 3.41. The first-order chi connectivity index (χ1) is 8.87. The molecule has 0 bridgehead atoms. The summed E-state index contributed by atoms with van der Waals surface area (Å²) in [7, 11) is -3.47. The van der Waals surface area contributed by atoms with Crippen LogP contribution in [0.3, 0.4) is 0 Å². The van der Waals surface area contributed by atoms with Crippen molar-refractivity contribution in [3.8, 4) is 0 Å². The molecular formula is C12H17N3O3S. The van der Waals surface area contributed by atoms with Crippen molar-refractivity contribution in [3.05, 3.63) is 30.1 Å². The normalized spacial score (nSPS) is 20.1. The minimum atomic E-state index is -3.47. The van der Waals surface area contributed by atoms with Crippen LogP contribution < -0.4 is 5.32 Å². The molecule has 19 heavy (non-hydrogen) atoms. The molecule has 0 unspecified atom stereocenters. The van der Waals surface area contributed by atoms with Crippen LogP contribution in [0.2, 0.25) is 0 Å². The summed E-state index contributed by atoms with van der Waals surface area (Å²) in [6.07, 6.45) is 1.70. The Labute approximate surface area is 112 Å². The fraction of sp³-hybridized carbons (Fsp3) is 0.500. The van der Waals surface area contributed by atoms with Crippen molar-refractivity contribution in [1.82, 2.24) is 14.6 Å². The predicted octanol–water partition coefficient (Wildman–Crippen LogP) is 0.122. The smallest absolute Gasteiger partial charge is 0.258 e. The highest BCUT2D eigenvalue weighted by molar-refractivity contribution is 7.94. The maximum absolute atomic E-state index is 11.8. The van der Waals surface area contributed by atoms with Gasteiger partial charge >= 0.3 is 0 Å². The molecule has 1 saturated heterocycles. The summed E-state index contributed by atoms with van der Waals surface area (Å²) in [6, 6.07) is 5.59. The monoisotopic (exact) mass is 283 g/mol. The molecule has 2 heterocycles. The van der Waals surface area contributed by atoms with Gasteiger partial charge in [0.1, 0.15) is 0 Å². The van der Waals surface area contributed by atoms with E-state index in [1.165, 1.54) is 13.8 Å². The number of nitrogens with one attached hydrogen (secondary N) is 1. The van der Waals surface area contributed by atoms with Crippen molar-refractivity contribution in [2.24, 2.45) is 0 Å². The van der Waals surface area contributed by atoms with E-state index in [1.54, 1.807) is 6.20 Å². The topological polar surface area (TPSA) is 79.4 Å². The van der Waals surface area contributed by atoms with Gasteiger partial charge in [-0.25, -0.2) is 12.7 Å². The largest absolute Gasteiger partial charge is 0.309 e. The maximum Gasteiger partial charge on any atom is 0.258 e. The van der Waals surface area contributed by atoms with Crippen LogP contribution >= 0.6 is 0 Å². The van der Waals surface area contributed by atoms with Gasteiger partial charge in [-0.15, -0.1) is 0 Å². The van der Waals surface area contributed by atoms with Gasteiger partial charge < -0.3 is 5.32 Å². The highest BCUT2D eigenvalue weighted by Gasteiger charge is 2.59. The average Bonchev–Trinajstić information content (AvgIpc) is 2.38. The Morgan fingerprint density at radius 2 is 2.11 bits per heavy atom. The molecule has 1 aliphatic heterocycles. The van der Waals surface area contributed by atoms with Crippen molar-refractivity contribution in [2.75, 3.05) is 13.1 Å². The van der Waals surface area contributed by atoms with Crippen molar-refractivity contribution in [3.63, 3.8) is 0 Å². The third-order valence-corrected chi connectivity index (χ3v) is 5.59. The lowest BCUT2D eigenvalue weighted by atomic mass is 10.2. The number of carbonyl (C=O) groups excluding carboxylic acids is 1. The zero-order chi connectivity index (χ0) is 14.1. The van der Waals surface area contributed by atoms with E-state index >= 15 is 0 Å². The van der Waals surface area contributed by atoms with Crippen molar-refractivity contribution in [2.45, 2.75) is 25.1 Å². The highest BCUT2D eigenvalue weighted by atomic mass is 32.2. The molecule has 1 aromatic heterocycles. The molecule has 0 aliphatic carbocycles. The SMILES string of the molecule is CC1(C)C(=O)N(CCNCc2ccccn2)S1(=O)=O. The molecule has 0 aromatic carbocycles. The summed E-state index contributed by atoms with van der Waals surface area (Å²) in [5.74, 6) is -0.341. The summed E-state index contributed by atoms with van der Waals surface area (Å²) in [4.78, 5) is 15.8. The number of aromatic nitrogens is 1. The van der Waals surface area contributed by atoms with Crippen LogP contribution in [0.1, 0.15) is 19.5 Å². The van der Waals surface area contributed by atoms with E-state index in [-0.39, 0.29) is 12.5 Å². The number of sulfonamides is 1. The van der Waals surface area contributed by atoms with Crippen molar-refractivity contribution in [1.29, 1.82) is 0 Å². The molecule has 104 valence electrons. The fourth-order valence-electron chi connectivity index (χ4n) is 1.88. The van der Waals surface area contributed by atoms with Crippen LogP contribution in [-0.2, 0) is 21.4 Å². The summed E-state index contributed by atoms with van der Waals surface area (Å²) < 4.78 is 23.3. The van der Waals surface area contributed by atoms with Gasteiger partial charge in [0, 0.05) is 25.8 Å². The number of nitrogens with zero attached hydrogens (tertiary/aromatic N) is 2. The van der Waals surface area contributed by atoms with Gasteiger partial charge in [-0.2, -0.15) is 0 Å². The van der Waals surface area contributed by atoms with E-state index in [4.69, 9.17) is 0 Å².